The smallest absolute Gasteiger partial charge is 0.343 e. The molecule has 2 aromatic rings. The summed E-state index contributed by atoms with van der Waals surface area (Å²) >= 11 is 0. The molecule has 0 aliphatic carbocycles. The van der Waals surface area contributed by atoms with E-state index in [2.05, 4.69) is 0 Å². The van der Waals surface area contributed by atoms with E-state index in [1.165, 1.54) is 7.11 Å². The number of benzene rings is 1. The Morgan fingerprint density at radius 3 is 2.59 bits per heavy atom. The van der Waals surface area contributed by atoms with Crippen molar-refractivity contribution in [3.05, 3.63) is 65.5 Å². The van der Waals surface area contributed by atoms with Crippen LogP contribution in [-0.2, 0) is 20.8 Å². The molecule has 0 atom stereocenters. The third kappa shape index (κ3) is 3.16. The second-order valence-electron chi connectivity index (χ2n) is 5.02. The second kappa shape index (κ2) is 6.68. The van der Waals surface area contributed by atoms with Gasteiger partial charge in [-0.1, -0.05) is 30.3 Å². The summed E-state index contributed by atoms with van der Waals surface area (Å²) in [6.45, 7) is 1.79. The molecule has 22 heavy (non-hydrogen) atoms. The van der Waals surface area contributed by atoms with Gasteiger partial charge in [0.05, 0.1) is 20.3 Å². The zero-order valence-corrected chi connectivity index (χ0v) is 12.4. The summed E-state index contributed by atoms with van der Waals surface area (Å²) in [5.74, 6) is -0.360. The number of carbonyl (C=O) groups is 1. The number of ether oxygens (including phenoxy) is 3. The molecule has 1 aliphatic heterocycles. The van der Waals surface area contributed by atoms with E-state index in [-0.39, 0.29) is 5.97 Å². The number of aromatic nitrogens is 1. The topological polar surface area (TPSA) is 48.6 Å². The van der Waals surface area contributed by atoms with Gasteiger partial charge in [0.25, 0.3) is 0 Å². The molecular weight excluding hydrogens is 282 g/mol. The van der Waals surface area contributed by atoms with E-state index in [0.717, 1.165) is 11.3 Å². The van der Waals surface area contributed by atoms with Crippen molar-refractivity contribution in [3.8, 4) is 0 Å². The third-order valence-electron chi connectivity index (χ3n) is 3.54. The Bertz CT molecular complexity index is 651. The molecule has 3 rings (SSSR count). The van der Waals surface area contributed by atoms with Gasteiger partial charge < -0.3 is 14.2 Å². The largest absolute Gasteiger partial charge is 0.465 e. The lowest BCUT2D eigenvalue weighted by Crippen LogP contribution is -2.41. The van der Waals surface area contributed by atoms with E-state index in [4.69, 9.17) is 14.2 Å². The third-order valence-corrected chi connectivity index (χ3v) is 3.54. The minimum Gasteiger partial charge on any atom is -0.465 e. The number of carbonyl (C=O) groups excluding carboxylic acids is 1. The van der Waals surface area contributed by atoms with Gasteiger partial charge in [-0.25, -0.2) is 4.79 Å². The Morgan fingerprint density at radius 1 is 1.18 bits per heavy atom. The van der Waals surface area contributed by atoms with Gasteiger partial charge in [-0.15, -0.1) is 0 Å². The van der Waals surface area contributed by atoms with Crippen molar-refractivity contribution < 1.29 is 23.6 Å². The number of esters is 1. The molecule has 0 unspecified atom stereocenters. The maximum Gasteiger partial charge on any atom is 0.343 e. The highest BCUT2D eigenvalue weighted by Gasteiger charge is 2.28. The molecule has 0 bridgehead atoms. The summed E-state index contributed by atoms with van der Waals surface area (Å²) in [6, 6.07) is 13.6. The summed E-state index contributed by atoms with van der Waals surface area (Å²) in [4.78, 5) is 11.8. The normalized spacial score (nSPS) is 15.0. The van der Waals surface area contributed by atoms with Crippen molar-refractivity contribution in [3.63, 3.8) is 0 Å². The molecule has 0 radical (unpaired) electrons. The van der Waals surface area contributed by atoms with Gasteiger partial charge in [-0.3, -0.25) is 0 Å². The molecule has 1 aromatic heterocycles. The van der Waals surface area contributed by atoms with Crippen LogP contribution in [0.15, 0.2) is 48.7 Å². The molecule has 2 heterocycles. The number of methoxy groups -OCH3 is 1. The zero-order chi connectivity index (χ0) is 15.4. The van der Waals surface area contributed by atoms with Gasteiger partial charge in [-0.2, -0.15) is 4.57 Å². The van der Waals surface area contributed by atoms with E-state index < -0.39 is 6.29 Å². The predicted molar refractivity (Wildman–Crippen MR) is 78.2 cm³/mol. The van der Waals surface area contributed by atoms with Gasteiger partial charge in [0.15, 0.2) is 12.7 Å². The van der Waals surface area contributed by atoms with Crippen LogP contribution in [-0.4, -0.2) is 26.3 Å². The van der Waals surface area contributed by atoms with Crippen LogP contribution < -0.4 is 4.57 Å². The highest BCUT2D eigenvalue weighted by atomic mass is 16.7. The first-order valence-corrected chi connectivity index (χ1v) is 7.17. The Balaban J connectivity index is 1.96. The van der Waals surface area contributed by atoms with Crippen LogP contribution in [0.25, 0.3) is 0 Å². The maximum absolute atomic E-state index is 11.8. The van der Waals surface area contributed by atoms with Gasteiger partial charge >= 0.3 is 5.97 Å². The van der Waals surface area contributed by atoms with Gasteiger partial charge in [-0.05, 0) is 6.07 Å². The Morgan fingerprint density at radius 2 is 1.91 bits per heavy atom. The SMILES string of the molecule is COC(=O)c1ccc(C2OCCO2)[n+](Cc2ccccc2)c1. The summed E-state index contributed by atoms with van der Waals surface area (Å²) in [6.07, 6.45) is 1.38. The van der Waals surface area contributed by atoms with Crippen LogP contribution in [0.2, 0.25) is 0 Å². The van der Waals surface area contributed by atoms with Gasteiger partial charge in [0.2, 0.25) is 12.0 Å². The lowest BCUT2D eigenvalue weighted by Gasteiger charge is -2.10. The van der Waals surface area contributed by atoms with Crippen LogP contribution in [0.5, 0.6) is 0 Å². The van der Waals surface area contributed by atoms with Crippen LogP contribution in [0, 0.1) is 0 Å². The average molecular weight is 300 g/mol. The molecule has 5 heteroatoms. The van der Waals surface area contributed by atoms with Crippen molar-refractivity contribution in [2.75, 3.05) is 20.3 Å². The van der Waals surface area contributed by atoms with E-state index >= 15 is 0 Å². The zero-order valence-electron chi connectivity index (χ0n) is 12.4. The number of nitrogens with zero attached hydrogens (tertiary/aromatic N) is 1. The van der Waals surface area contributed by atoms with E-state index in [1.807, 2.05) is 41.0 Å². The lowest BCUT2D eigenvalue weighted by molar-refractivity contribution is -0.702. The van der Waals surface area contributed by atoms with Crippen molar-refractivity contribution in [2.24, 2.45) is 0 Å². The summed E-state index contributed by atoms with van der Waals surface area (Å²) in [5.41, 5.74) is 2.52. The predicted octanol–water partition coefficient (Wildman–Crippen LogP) is 1.85. The lowest BCUT2D eigenvalue weighted by atomic mass is 10.2. The standard InChI is InChI=1S/C17H18NO4/c1-20-16(19)14-7-8-15(17-21-9-10-22-17)18(12-14)11-13-5-3-2-4-6-13/h2-8,12,17H,9-11H2,1H3/q+1. The highest BCUT2D eigenvalue weighted by Crippen LogP contribution is 2.21. The Kier molecular flexibility index (Phi) is 4.46. The minimum atomic E-state index is -0.393. The molecule has 1 saturated heterocycles. The van der Waals surface area contributed by atoms with Crippen molar-refractivity contribution in [1.29, 1.82) is 0 Å². The number of hydrogen-bond donors (Lipinski definition) is 0. The molecule has 1 fully saturated rings. The molecule has 0 N–H and O–H groups in total. The van der Waals surface area contributed by atoms with Crippen molar-refractivity contribution >= 4 is 5.97 Å². The first-order valence-electron chi connectivity index (χ1n) is 7.17. The quantitative estimate of drug-likeness (QED) is 0.639. The molecule has 1 aromatic carbocycles. The fourth-order valence-electron chi connectivity index (χ4n) is 2.46. The van der Waals surface area contributed by atoms with Crippen LogP contribution >= 0.6 is 0 Å². The van der Waals surface area contributed by atoms with Crippen LogP contribution in [0.1, 0.15) is 27.9 Å². The van der Waals surface area contributed by atoms with Crippen molar-refractivity contribution in [1.82, 2.24) is 0 Å². The molecule has 0 amide bonds. The van der Waals surface area contributed by atoms with E-state index in [1.54, 1.807) is 12.3 Å². The maximum atomic E-state index is 11.8. The Labute approximate surface area is 129 Å². The first-order chi connectivity index (χ1) is 10.8. The number of rotatable bonds is 4. The number of hydrogen-bond acceptors (Lipinski definition) is 4. The van der Waals surface area contributed by atoms with Gasteiger partial charge in [0.1, 0.15) is 5.56 Å². The molecule has 0 saturated carbocycles. The first kappa shape index (κ1) is 14.7. The molecule has 0 spiro atoms. The number of pyridine rings is 1. The summed E-state index contributed by atoms with van der Waals surface area (Å²) in [5, 5.41) is 0. The van der Waals surface area contributed by atoms with Crippen LogP contribution in [0.4, 0.5) is 0 Å². The summed E-state index contributed by atoms with van der Waals surface area (Å²) < 4.78 is 17.9. The molecule has 5 nitrogen and oxygen atoms in total. The summed E-state index contributed by atoms with van der Waals surface area (Å²) in [7, 11) is 1.38. The van der Waals surface area contributed by atoms with E-state index in [9.17, 15) is 4.79 Å². The van der Waals surface area contributed by atoms with E-state index in [0.29, 0.717) is 25.3 Å². The second-order valence-corrected chi connectivity index (χ2v) is 5.02. The Hall–Kier alpha value is -2.24. The molecular formula is C17H18NO4+. The van der Waals surface area contributed by atoms with Crippen LogP contribution in [0.3, 0.4) is 0 Å². The monoisotopic (exact) mass is 300 g/mol. The fraction of sp³-hybridized carbons (Fsp3) is 0.294. The van der Waals surface area contributed by atoms with Gasteiger partial charge in [0, 0.05) is 11.6 Å². The average Bonchev–Trinajstić information content (AvgIpc) is 3.09. The molecule has 1 aliphatic rings. The minimum absolute atomic E-state index is 0.360. The highest BCUT2D eigenvalue weighted by molar-refractivity contribution is 5.88. The fourth-order valence-corrected chi connectivity index (χ4v) is 2.46. The molecule has 114 valence electrons. The van der Waals surface area contributed by atoms with Crippen molar-refractivity contribution in [2.45, 2.75) is 12.8 Å².